The Bertz CT molecular complexity index is 443. The van der Waals surface area contributed by atoms with Crippen LogP contribution in [0.15, 0.2) is 6.20 Å². The Hall–Kier alpha value is -1.00. The largest absolute Gasteiger partial charge is 0.392 e. The van der Waals surface area contributed by atoms with Crippen molar-refractivity contribution in [2.75, 3.05) is 6.54 Å². The molecule has 1 aromatic heterocycles. The summed E-state index contributed by atoms with van der Waals surface area (Å²) in [6.45, 7) is 15.1. The number of hydrogen-bond donors (Lipinski definition) is 2. The molecule has 0 aliphatic heterocycles. The molecular formula is C16H29N3O. The van der Waals surface area contributed by atoms with E-state index in [9.17, 15) is 5.11 Å². The SMILES string of the molecule is Cc1ncc(C(C)NCC(C)(C)C(O)C(C)C)c(C)n1. The molecule has 1 aromatic rings. The van der Waals surface area contributed by atoms with E-state index in [1.165, 1.54) is 0 Å². The summed E-state index contributed by atoms with van der Waals surface area (Å²) in [6.07, 6.45) is 1.57. The number of nitrogens with zero attached hydrogens (tertiary/aromatic N) is 2. The van der Waals surface area contributed by atoms with Crippen LogP contribution >= 0.6 is 0 Å². The maximum atomic E-state index is 10.3. The van der Waals surface area contributed by atoms with Crippen molar-refractivity contribution in [2.45, 2.75) is 60.6 Å². The van der Waals surface area contributed by atoms with Crippen LogP contribution in [0.5, 0.6) is 0 Å². The van der Waals surface area contributed by atoms with E-state index < -0.39 is 0 Å². The molecule has 0 amide bonds. The van der Waals surface area contributed by atoms with Gasteiger partial charge in [-0.3, -0.25) is 0 Å². The average molecular weight is 279 g/mol. The van der Waals surface area contributed by atoms with Crippen molar-refractivity contribution in [1.29, 1.82) is 0 Å². The Labute approximate surface area is 123 Å². The van der Waals surface area contributed by atoms with Gasteiger partial charge in [0.25, 0.3) is 0 Å². The molecule has 0 radical (unpaired) electrons. The molecule has 2 unspecified atom stereocenters. The van der Waals surface area contributed by atoms with Crippen molar-refractivity contribution in [1.82, 2.24) is 15.3 Å². The lowest BCUT2D eigenvalue weighted by Crippen LogP contribution is -2.42. The van der Waals surface area contributed by atoms with Gasteiger partial charge in [0, 0.05) is 35.5 Å². The normalized spacial score (nSPS) is 15.4. The van der Waals surface area contributed by atoms with E-state index in [1.54, 1.807) is 0 Å². The van der Waals surface area contributed by atoms with Gasteiger partial charge in [-0.2, -0.15) is 0 Å². The Morgan fingerprint density at radius 2 is 1.85 bits per heavy atom. The Balaban J connectivity index is 2.69. The van der Waals surface area contributed by atoms with Crippen molar-refractivity contribution in [3.05, 3.63) is 23.3 Å². The van der Waals surface area contributed by atoms with Gasteiger partial charge >= 0.3 is 0 Å². The summed E-state index contributed by atoms with van der Waals surface area (Å²) in [5, 5.41) is 13.8. The maximum Gasteiger partial charge on any atom is 0.125 e. The highest BCUT2D eigenvalue weighted by molar-refractivity contribution is 5.19. The number of nitrogens with one attached hydrogen (secondary N) is 1. The molecule has 2 N–H and O–H groups in total. The summed E-state index contributed by atoms with van der Waals surface area (Å²) in [7, 11) is 0. The van der Waals surface area contributed by atoms with Gasteiger partial charge in [0.15, 0.2) is 0 Å². The Kier molecular flexibility index (Phi) is 5.66. The smallest absolute Gasteiger partial charge is 0.125 e. The van der Waals surface area contributed by atoms with Gasteiger partial charge < -0.3 is 10.4 Å². The highest BCUT2D eigenvalue weighted by Gasteiger charge is 2.30. The van der Waals surface area contributed by atoms with Crippen LogP contribution in [-0.4, -0.2) is 27.7 Å². The standard InChI is InChI=1S/C16H29N3O/c1-10(2)15(20)16(6,7)9-18-11(3)14-8-17-13(5)19-12(14)4/h8,10-11,15,18,20H,9H2,1-7H3. The summed E-state index contributed by atoms with van der Waals surface area (Å²) in [5.41, 5.74) is 1.96. The molecular weight excluding hydrogens is 250 g/mol. The van der Waals surface area contributed by atoms with E-state index in [4.69, 9.17) is 0 Å². The van der Waals surface area contributed by atoms with Crippen LogP contribution in [-0.2, 0) is 0 Å². The molecule has 0 spiro atoms. The fourth-order valence-corrected chi connectivity index (χ4v) is 2.55. The second-order valence-electron chi connectivity index (χ2n) is 6.74. The van der Waals surface area contributed by atoms with Crippen LogP contribution in [0.2, 0.25) is 0 Å². The van der Waals surface area contributed by atoms with Crippen LogP contribution in [0, 0.1) is 25.2 Å². The quantitative estimate of drug-likeness (QED) is 0.840. The van der Waals surface area contributed by atoms with Crippen molar-refractivity contribution in [3.8, 4) is 0 Å². The highest BCUT2D eigenvalue weighted by Crippen LogP contribution is 2.26. The van der Waals surface area contributed by atoms with Gasteiger partial charge in [-0.15, -0.1) is 0 Å². The number of aliphatic hydroxyl groups is 1. The zero-order valence-corrected chi connectivity index (χ0v) is 13.9. The molecule has 0 bridgehead atoms. The molecule has 4 nitrogen and oxygen atoms in total. The molecule has 0 aliphatic rings. The number of aryl methyl sites for hydroxylation is 2. The first-order valence-corrected chi connectivity index (χ1v) is 7.36. The Morgan fingerprint density at radius 3 is 2.35 bits per heavy atom. The monoisotopic (exact) mass is 279 g/mol. The maximum absolute atomic E-state index is 10.3. The predicted octanol–water partition coefficient (Wildman–Crippen LogP) is 2.79. The second-order valence-corrected chi connectivity index (χ2v) is 6.74. The van der Waals surface area contributed by atoms with Crippen LogP contribution in [0.1, 0.15) is 57.7 Å². The third-order valence-corrected chi connectivity index (χ3v) is 3.90. The molecule has 1 heterocycles. The van der Waals surface area contributed by atoms with Gasteiger partial charge in [-0.1, -0.05) is 27.7 Å². The highest BCUT2D eigenvalue weighted by atomic mass is 16.3. The van der Waals surface area contributed by atoms with Gasteiger partial charge in [0.2, 0.25) is 0 Å². The van der Waals surface area contributed by atoms with Crippen LogP contribution in [0.3, 0.4) is 0 Å². The zero-order valence-electron chi connectivity index (χ0n) is 13.9. The average Bonchev–Trinajstić information content (AvgIpc) is 2.35. The number of aliphatic hydroxyl groups excluding tert-OH is 1. The van der Waals surface area contributed by atoms with E-state index in [0.717, 1.165) is 23.6 Å². The van der Waals surface area contributed by atoms with Crippen molar-refractivity contribution >= 4 is 0 Å². The third-order valence-electron chi connectivity index (χ3n) is 3.90. The molecule has 1 rings (SSSR count). The molecule has 2 atom stereocenters. The fraction of sp³-hybridized carbons (Fsp3) is 0.750. The summed E-state index contributed by atoms with van der Waals surface area (Å²) >= 11 is 0. The van der Waals surface area contributed by atoms with Crippen molar-refractivity contribution in [2.24, 2.45) is 11.3 Å². The van der Waals surface area contributed by atoms with E-state index in [1.807, 2.05) is 33.9 Å². The number of aromatic nitrogens is 2. The molecule has 0 saturated carbocycles. The minimum atomic E-state index is -0.322. The van der Waals surface area contributed by atoms with Crippen molar-refractivity contribution < 1.29 is 5.11 Å². The lowest BCUT2D eigenvalue weighted by Gasteiger charge is -2.34. The first-order valence-electron chi connectivity index (χ1n) is 7.36. The Morgan fingerprint density at radius 1 is 1.25 bits per heavy atom. The van der Waals surface area contributed by atoms with Gasteiger partial charge in [-0.25, -0.2) is 9.97 Å². The molecule has 0 aliphatic carbocycles. The first kappa shape index (κ1) is 17.1. The zero-order chi connectivity index (χ0) is 15.5. The number of hydrogen-bond acceptors (Lipinski definition) is 4. The predicted molar refractivity (Wildman–Crippen MR) is 82.5 cm³/mol. The molecule has 0 aromatic carbocycles. The summed E-state index contributed by atoms with van der Waals surface area (Å²) in [6, 6.07) is 0.175. The van der Waals surface area contributed by atoms with E-state index >= 15 is 0 Å². The number of rotatable bonds is 6. The molecule has 0 saturated heterocycles. The summed E-state index contributed by atoms with van der Waals surface area (Å²) in [5.74, 6) is 1.06. The first-order chi connectivity index (χ1) is 9.15. The summed E-state index contributed by atoms with van der Waals surface area (Å²) < 4.78 is 0. The molecule has 114 valence electrons. The van der Waals surface area contributed by atoms with Gasteiger partial charge in [0.1, 0.15) is 5.82 Å². The van der Waals surface area contributed by atoms with Gasteiger partial charge in [0.05, 0.1) is 6.10 Å². The third kappa shape index (κ3) is 4.25. The lowest BCUT2D eigenvalue weighted by atomic mass is 9.80. The second kappa shape index (κ2) is 6.64. The van der Waals surface area contributed by atoms with Crippen molar-refractivity contribution in [3.63, 3.8) is 0 Å². The minimum Gasteiger partial charge on any atom is -0.392 e. The molecule has 20 heavy (non-hydrogen) atoms. The van der Waals surface area contributed by atoms with Crippen LogP contribution in [0.25, 0.3) is 0 Å². The topological polar surface area (TPSA) is 58.0 Å². The lowest BCUT2D eigenvalue weighted by molar-refractivity contribution is 0.0123. The minimum absolute atomic E-state index is 0.165. The van der Waals surface area contributed by atoms with Gasteiger partial charge in [-0.05, 0) is 26.7 Å². The molecule has 4 heteroatoms. The van der Waals surface area contributed by atoms with E-state index in [2.05, 4.69) is 36.1 Å². The fourth-order valence-electron chi connectivity index (χ4n) is 2.55. The summed E-state index contributed by atoms with van der Waals surface area (Å²) in [4.78, 5) is 8.67. The van der Waals surface area contributed by atoms with E-state index in [-0.39, 0.29) is 23.5 Å². The molecule has 0 fully saturated rings. The van der Waals surface area contributed by atoms with Crippen LogP contribution in [0.4, 0.5) is 0 Å². The van der Waals surface area contributed by atoms with Crippen LogP contribution < -0.4 is 5.32 Å². The van der Waals surface area contributed by atoms with E-state index in [0.29, 0.717) is 0 Å².